The lowest BCUT2D eigenvalue weighted by Gasteiger charge is -2.64. The maximum absolute atomic E-state index is 6.44. The molecule has 2 saturated heterocycles. The Balaban J connectivity index is 0.00000110. The van der Waals surface area contributed by atoms with Crippen molar-refractivity contribution in [3.63, 3.8) is 0 Å². The molecule has 0 aromatic carbocycles. The van der Waals surface area contributed by atoms with Crippen LogP contribution in [0.15, 0.2) is 0 Å². The molecule has 2 heterocycles. The fourth-order valence-corrected chi connectivity index (χ4v) is 5.01. The number of hydrogen-bond donors (Lipinski definition) is 1. The highest BCUT2D eigenvalue weighted by Gasteiger charge is 2.68. The van der Waals surface area contributed by atoms with Gasteiger partial charge in [0, 0.05) is 5.94 Å². The average molecular weight is 286 g/mol. The lowest BCUT2D eigenvalue weighted by Crippen LogP contribution is -2.65. The Hall–Kier alpha value is 0.235. The van der Waals surface area contributed by atoms with Gasteiger partial charge < -0.3 is 14.6 Å². The Morgan fingerprint density at radius 2 is 2.00 bits per heavy atom. The number of rotatable bonds is 1. The summed E-state index contributed by atoms with van der Waals surface area (Å²) in [7, 11) is -0.00218. The van der Waals surface area contributed by atoms with E-state index in [4.69, 9.17) is 9.31 Å². The van der Waals surface area contributed by atoms with Crippen LogP contribution in [0.5, 0.6) is 0 Å². The topological polar surface area (TPSA) is 30.5 Å². The molecule has 3 nitrogen and oxygen atoms in total. The van der Waals surface area contributed by atoms with Gasteiger partial charge in [-0.05, 0) is 56.4 Å². The van der Waals surface area contributed by atoms with E-state index in [0.717, 1.165) is 12.5 Å². The minimum atomic E-state index is -0.0345. The standard InChI is InChI=1S/C14H24BNO2.ClH/c1-13(2)9-7-10(13)14(3)11(8-9)17-15(18-14)12-5-4-6-16-12;/h9-12,16H,4-8H2,1-3H3;1H/t9-,10-,11+,12-,14-;/m1./s1. The van der Waals surface area contributed by atoms with E-state index in [9.17, 15) is 0 Å². The van der Waals surface area contributed by atoms with Crippen LogP contribution in [-0.4, -0.2) is 31.3 Å². The molecule has 0 aromatic rings. The molecule has 5 atom stereocenters. The van der Waals surface area contributed by atoms with Crippen LogP contribution in [0.3, 0.4) is 0 Å². The number of halogens is 1. The highest BCUT2D eigenvalue weighted by Crippen LogP contribution is 2.65. The molecule has 0 unspecified atom stereocenters. The third-order valence-electron chi connectivity index (χ3n) is 6.40. The van der Waals surface area contributed by atoms with E-state index in [1.165, 1.54) is 25.7 Å². The van der Waals surface area contributed by atoms with Gasteiger partial charge in [0.1, 0.15) is 0 Å². The Morgan fingerprint density at radius 3 is 2.63 bits per heavy atom. The van der Waals surface area contributed by atoms with Gasteiger partial charge in [0.2, 0.25) is 0 Å². The molecule has 3 aliphatic carbocycles. The van der Waals surface area contributed by atoms with Crippen molar-refractivity contribution >= 4 is 19.5 Å². The first-order valence-corrected chi connectivity index (χ1v) is 7.58. The van der Waals surface area contributed by atoms with Crippen LogP contribution in [0, 0.1) is 17.3 Å². The summed E-state index contributed by atoms with van der Waals surface area (Å²) in [5.74, 6) is 1.95. The molecule has 0 amide bonds. The summed E-state index contributed by atoms with van der Waals surface area (Å²) in [5, 5.41) is 3.52. The van der Waals surface area contributed by atoms with Crippen LogP contribution in [0.1, 0.15) is 46.5 Å². The molecule has 0 aromatic heterocycles. The van der Waals surface area contributed by atoms with Crippen molar-refractivity contribution in [2.24, 2.45) is 17.3 Å². The normalized spacial score (nSPS) is 50.4. The fraction of sp³-hybridized carbons (Fsp3) is 1.00. The van der Waals surface area contributed by atoms with Crippen LogP contribution < -0.4 is 5.32 Å². The minimum absolute atomic E-state index is 0. The monoisotopic (exact) mass is 285 g/mol. The van der Waals surface area contributed by atoms with Gasteiger partial charge in [0.05, 0.1) is 11.7 Å². The van der Waals surface area contributed by atoms with Gasteiger partial charge in [-0.15, -0.1) is 12.4 Å². The van der Waals surface area contributed by atoms with Crippen molar-refractivity contribution in [3.8, 4) is 0 Å². The van der Waals surface area contributed by atoms with E-state index in [2.05, 4.69) is 26.1 Å². The molecule has 5 rings (SSSR count). The second kappa shape index (κ2) is 4.36. The van der Waals surface area contributed by atoms with Gasteiger partial charge in [-0.25, -0.2) is 0 Å². The third kappa shape index (κ3) is 1.76. The second-order valence-corrected chi connectivity index (χ2v) is 7.54. The van der Waals surface area contributed by atoms with E-state index in [1.807, 2.05) is 0 Å². The van der Waals surface area contributed by atoms with Crippen molar-refractivity contribution in [1.82, 2.24) is 5.32 Å². The van der Waals surface area contributed by atoms with Gasteiger partial charge in [0.15, 0.2) is 0 Å². The molecule has 2 bridgehead atoms. The predicted octanol–water partition coefficient (Wildman–Crippen LogP) is 2.43. The number of nitrogens with one attached hydrogen (secondary N) is 1. The molecule has 0 spiro atoms. The molecule has 0 radical (unpaired) electrons. The molecule has 5 fully saturated rings. The zero-order valence-electron chi connectivity index (χ0n) is 12.1. The molecular formula is C14H25BClNO2. The van der Waals surface area contributed by atoms with E-state index in [-0.39, 0.29) is 25.1 Å². The molecule has 19 heavy (non-hydrogen) atoms. The van der Waals surface area contributed by atoms with Crippen molar-refractivity contribution in [2.75, 3.05) is 6.54 Å². The van der Waals surface area contributed by atoms with Crippen molar-refractivity contribution in [2.45, 2.75) is 64.1 Å². The highest BCUT2D eigenvalue weighted by atomic mass is 35.5. The largest absolute Gasteiger partial charge is 0.475 e. The quantitative estimate of drug-likeness (QED) is 0.751. The third-order valence-corrected chi connectivity index (χ3v) is 6.40. The number of hydrogen-bond acceptors (Lipinski definition) is 3. The summed E-state index contributed by atoms with van der Waals surface area (Å²) in [6, 6.07) is 0. The maximum Gasteiger partial charge on any atom is 0.475 e. The SMILES string of the molecule is CC1(C)[C@H]2C[C@@H]3OB([C@H]4CCCN4)O[C@]3(C)[C@@H]1C2.Cl. The van der Waals surface area contributed by atoms with Crippen molar-refractivity contribution in [1.29, 1.82) is 0 Å². The summed E-state index contributed by atoms with van der Waals surface area (Å²) in [6.07, 6.45) is 5.33. The Kier molecular flexibility index (Phi) is 3.26. The first-order valence-electron chi connectivity index (χ1n) is 7.58. The lowest BCUT2D eigenvalue weighted by atomic mass is 9.43. The van der Waals surface area contributed by atoms with Crippen molar-refractivity contribution in [3.05, 3.63) is 0 Å². The summed E-state index contributed by atoms with van der Waals surface area (Å²) in [5.41, 5.74) is 0.416. The minimum Gasteiger partial charge on any atom is -0.404 e. The second-order valence-electron chi connectivity index (χ2n) is 7.54. The molecule has 1 N–H and O–H groups in total. The lowest BCUT2D eigenvalue weighted by molar-refractivity contribution is -0.199. The van der Waals surface area contributed by atoms with Crippen molar-refractivity contribution < 1.29 is 9.31 Å². The summed E-state index contributed by atoms with van der Waals surface area (Å²) < 4.78 is 12.7. The summed E-state index contributed by atoms with van der Waals surface area (Å²) in [4.78, 5) is 0. The zero-order valence-corrected chi connectivity index (χ0v) is 13.0. The van der Waals surface area contributed by atoms with Crippen LogP contribution in [0.4, 0.5) is 0 Å². The first-order chi connectivity index (χ1) is 8.52. The Bertz CT molecular complexity index is 374. The molecular weight excluding hydrogens is 260 g/mol. The average Bonchev–Trinajstić information content (AvgIpc) is 2.92. The van der Waals surface area contributed by atoms with Crippen LogP contribution in [0.2, 0.25) is 0 Å². The molecule has 3 saturated carbocycles. The molecule has 5 heteroatoms. The summed E-state index contributed by atoms with van der Waals surface area (Å²) >= 11 is 0. The van der Waals surface area contributed by atoms with Crippen LogP contribution in [0.25, 0.3) is 0 Å². The van der Waals surface area contributed by atoms with E-state index >= 15 is 0 Å². The van der Waals surface area contributed by atoms with E-state index in [1.54, 1.807) is 0 Å². The van der Waals surface area contributed by atoms with Gasteiger partial charge in [-0.3, -0.25) is 0 Å². The van der Waals surface area contributed by atoms with Crippen LogP contribution in [-0.2, 0) is 9.31 Å². The van der Waals surface area contributed by atoms with Gasteiger partial charge >= 0.3 is 7.12 Å². The van der Waals surface area contributed by atoms with E-state index < -0.39 is 0 Å². The zero-order chi connectivity index (χ0) is 12.5. The highest BCUT2D eigenvalue weighted by molar-refractivity contribution is 6.47. The molecule has 5 aliphatic rings. The van der Waals surface area contributed by atoms with Gasteiger partial charge in [0.25, 0.3) is 0 Å². The van der Waals surface area contributed by atoms with Gasteiger partial charge in [-0.1, -0.05) is 13.8 Å². The Labute approximate surface area is 122 Å². The first kappa shape index (κ1) is 14.2. The predicted molar refractivity (Wildman–Crippen MR) is 78.4 cm³/mol. The molecule has 108 valence electrons. The smallest absolute Gasteiger partial charge is 0.404 e. The fourth-order valence-electron chi connectivity index (χ4n) is 5.01. The van der Waals surface area contributed by atoms with Crippen LogP contribution >= 0.6 is 12.4 Å². The summed E-state index contributed by atoms with van der Waals surface area (Å²) in [6.45, 7) is 8.25. The maximum atomic E-state index is 6.44. The van der Waals surface area contributed by atoms with E-state index in [0.29, 0.717) is 23.4 Å². The van der Waals surface area contributed by atoms with Gasteiger partial charge in [-0.2, -0.15) is 0 Å². The molecule has 2 aliphatic heterocycles. The Morgan fingerprint density at radius 1 is 1.21 bits per heavy atom.